The molecule has 0 aromatic heterocycles. The Morgan fingerprint density at radius 1 is 0.824 bits per heavy atom. The van der Waals surface area contributed by atoms with Crippen LogP contribution in [0.15, 0.2) is 77.7 Å². The van der Waals surface area contributed by atoms with Gasteiger partial charge in [0.25, 0.3) is 5.60 Å². The smallest absolute Gasteiger partial charge is 0.430 e. The monoisotopic (exact) mass is 750 g/mol. The fourth-order valence-corrected chi connectivity index (χ4v) is 7.24. The van der Waals surface area contributed by atoms with Gasteiger partial charge < -0.3 is 24.4 Å². The summed E-state index contributed by atoms with van der Waals surface area (Å²) in [7, 11) is -0.170. The van der Waals surface area contributed by atoms with Crippen molar-refractivity contribution in [2.24, 2.45) is 5.92 Å². The van der Waals surface area contributed by atoms with Crippen LogP contribution in [0.1, 0.15) is 30.4 Å². The number of nitrogens with zero attached hydrogens (tertiary/aromatic N) is 2. The molecular weight excluding hydrogens is 716 g/mol. The average molecular weight is 751 g/mol. The van der Waals surface area contributed by atoms with Gasteiger partial charge in [0.2, 0.25) is 0 Å². The topological polar surface area (TPSA) is 96.4 Å². The van der Waals surface area contributed by atoms with Crippen LogP contribution in [0, 0.1) is 17.6 Å². The molecule has 2 saturated heterocycles. The number of hydrogen-bond acceptors (Lipinski definition) is 5. The highest BCUT2D eigenvalue weighted by atomic mass is 32.2. The van der Waals surface area contributed by atoms with Crippen LogP contribution in [-0.2, 0) is 32.5 Å². The molecule has 5 rings (SSSR count). The van der Waals surface area contributed by atoms with Crippen LogP contribution in [0.25, 0.3) is 0 Å². The first kappa shape index (κ1) is 39.5. The van der Waals surface area contributed by atoms with Gasteiger partial charge in [-0.05, 0) is 55.7 Å². The van der Waals surface area contributed by atoms with E-state index in [-0.39, 0.29) is 28.8 Å². The molecule has 0 bridgehead atoms. The van der Waals surface area contributed by atoms with Gasteiger partial charge in [0, 0.05) is 36.6 Å². The van der Waals surface area contributed by atoms with E-state index in [4.69, 9.17) is 9.84 Å². The van der Waals surface area contributed by atoms with E-state index in [1.54, 1.807) is 9.80 Å². The molecule has 2 unspecified atom stereocenters. The maximum absolute atomic E-state index is 13.9. The van der Waals surface area contributed by atoms with Crippen molar-refractivity contribution >= 4 is 22.8 Å². The van der Waals surface area contributed by atoms with Gasteiger partial charge in [0.15, 0.2) is 0 Å². The molecule has 3 aromatic carbocycles. The van der Waals surface area contributed by atoms with Gasteiger partial charge in [0.05, 0.1) is 41.2 Å². The summed E-state index contributed by atoms with van der Waals surface area (Å²) in [5.41, 5.74) is -6.33. The van der Waals surface area contributed by atoms with Crippen molar-refractivity contribution in [1.82, 2.24) is 9.80 Å². The SMILES string of the molecule is COc1cccc(F)c1COC(c1ccccc1)(C(F)(F)F)C(F)(F)F.O=C(O)C1CCN(C(=O)N2CCC(S(=O)c3ccc(F)cc3)C2)CC1. The third-order valence-corrected chi connectivity index (χ3v) is 10.3. The Hall–Kier alpha value is -4.25. The van der Waals surface area contributed by atoms with Gasteiger partial charge in [-0.3, -0.25) is 9.00 Å². The molecule has 2 aliphatic heterocycles. The number of ether oxygens (including phenoxy) is 2. The second-order valence-electron chi connectivity index (χ2n) is 11.7. The molecule has 2 amide bonds. The fraction of sp³-hybridized carbons (Fsp3) is 0.412. The maximum Gasteiger partial charge on any atom is 0.430 e. The summed E-state index contributed by atoms with van der Waals surface area (Å²) in [6.45, 7) is 0.525. The second kappa shape index (κ2) is 16.4. The van der Waals surface area contributed by atoms with E-state index in [0.717, 1.165) is 25.3 Å². The number of carboxylic acids is 1. The summed E-state index contributed by atoms with van der Waals surface area (Å²) in [5.74, 6) is -2.81. The summed E-state index contributed by atoms with van der Waals surface area (Å²) >= 11 is 0. The van der Waals surface area contributed by atoms with Crippen molar-refractivity contribution in [1.29, 1.82) is 0 Å². The number of carbonyl (C=O) groups excluding carboxylic acids is 1. The molecule has 17 heteroatoms. The molecule has 51 heavy (non-hydrogen) atoms. The Labute approximate surface area is 290 Å². The molecule has 278 valence electrons. The zero-order valence-corrected chi connectivity index (χ0v) is 27.9. The number of benzene rings is 3. The second-order valence-corrected chi connectivity index (χ2v) is 13.5. The van der Waals surface area contributed by atoms with Crippen molar-refractivity contribution < 1.29 is 63.5 Å². The summed E-state index contributed by atoms with van der Waals surface area (Å²) in [4.78, 5) is 27.5. The zero-order chi connectivity index (χ0) is 37.6. The lowest BCUT2D eigenvalue weighted by molar-refractivity contribution is -0.392. The number of amides is 2. The lowest BCUT2D eigenvalue weighted by Crippen LogP contribution is -2.55. The quantitative estimate of drug-likeness (QED) is 0.243. The van der Waals surface area contributed by atoms with Crippen molar-refractivity contribution in [3.05, 3.63) is 95.6 Å². The van der Waals surface area contributed by atoms with Gasteiger partial charge in [-0.2, -0.15) is 26.3 Å². The van der Waals surface area contributed by atoms with Crippen molar-refractivity contribution in [2.75, 3.05) is 33.3 Å². The lowest BCUT2D eigenvalue weighted by Gasteiger charge is -2.37. The highest BCUT2D eigenvalue weighted by Crippen LogP contribution is 2.53. The Morgan fingerprint density at radius 3 is 1.96 bits per heavy atom. The highest BCUT2D eigenvalue weighted by molar-refractivity contribution is 7.85. The van der Waals surface area contributed by atoms with Gasteiger partial charge in [-0.15, -0.1) is 0 Å². The molecule has 1 N–H and O–H groups in total. The van der Waals surface area contributed by atoms with Crippen LogP contribution in [0.4, 0.5) is 39.9 Å². The normalized spacial score (nSPS) is 17.8. The number of rotatable bonds is 8. The molecule has 2 heterocycles. The molecule has 0 radical (unpaired) electrons. The van der Waals surface area contributed by atoms with E-state index in [1.807, 2.05) is 0 Å². The number of methoxy groups -OCH3 is 1. The third kappa shape index (κ3) is 8.98. The molecule has 0 saturated carbocycles. The number of alkyl halides is 6. The van der Waals surface area contributed by atoms with E-state index < -0.39 is 58.3 Å². The van der Waals surface area contributed by atoms with Gasteiger partial charge in [-0.1, -0.05) is 36.4 Å². The van der Waals surface area contributed by atoms with E-state index in [0.29, 0.717) is 62.5 Å². The number of carboxylic acid groups (broad SMARTS) is 1. The number of piperidine rings is 1. The predicted molar refractivity (Wildman–Crippen MR) is 168 cm³/mol. The number of aliphatic carboxylic acids is 1. The van der Waals surface area contributed by atoms with Crippen LogP contribution in [0.5, 0.6) is 5.75 Å². The van der Waals surface area contributed by atoms with Crippen molar-refractivity contribution in [3.63, 3.8) is 0 Å². The summed E-state index contributed by atoms with van der Waals surface area (Å²) in [5, 5.41) is 8.86. The number of likely N-dealkylation sites (tertiary alicyclic amines) is 2. The van der Waals surface area contributed by atoms with Crippen LogP contribution in [0.2, 0.25) is 0 Å². The van der Waals surface area contributed by atoms with Gasteiger partial charge >= 0.3 is 24.4 Å². The summed E-state index contributed by atoms with van der Waals surface area (Å²) < 4.78 is 130. The molecule has 0 spiro atoms. The van der Waals surface area contributed by atoms with Crippen LogP contribution >= 0.6 is 0 Å². The maximum atomic E-state index is 13.9. The Bertz CT molecular complexity index is 1650. The minimum absolute atomic E-state index is 0.109. The molecule has 3 aromatic rings. The first-order chi connectivity index (χ1) is 24.0. The van der Waals surface area contributed by atoms with Gasteiger partial charge in [-0.25, -0.2) is 13.6 Å². The minimum atomic E-state index is -5.84. The summed E-state index contributed by atoms with van der Waals surface area (Å²) in [6.07, 6.45) is -10.1. The standard InChI is InChI=1S/C17H13F7O2.C17H21FN2O4S/c1-25-14-9-5-8-13(18)12(14)10-26-15(16(19,20)21,17(22,23)24)11-6-3-2-4-7-11;18-13-1-3-14(4-2-13)25(24)15-7-10-20(11-15)17(23)19-8-5-12(6-9-19)16(21)22/h2-9H,10H2,1H3;1-4,12,15H,5-11H2,(H,21,22). The van der Waals surface area contributed by atoms with Gasteiger partial charge in [0.1, 0.15) is 17.4 Å². The number of carbonyl (C=O) groups is 2. The zero-order valence-electron chi connectivity index (χ0n) is 27.1. The van der Waals surface area contributed by atoms with E-state index >= 15 is 0 Å². The first-order valence-corrected chi connectivity index (χ1v) is 16.8. The summed E-state index contributed by atoms with van der Waals surface area (Å²) in [6, 6.07) is 13.4. The number of hydrogen-bond donors (Lipinski definition) is 1. The number of halogens is 8. The first-order valence-electron chi connectivity index (χ1n) is 15.6. The van der Waals surface area contributed by atoms with E-state index in [1.165, 1.54) is 42.5 Å². The van der Waals surface area contributed by atoms with E-state index in [9.17, 15) is 48.9 Å². The van der Waals surface area contributed by atoms with Crippen molar-refractivity contribution in [3.8, 4) is 5.75 Å². The van der Waals surface area contributed by atoms with Crippen LogP contribution < -0.4 is 4.74 Å². The molecule has 2 atom stereocenters. The fourth-order valence-electron chi connectivity index (χ4n) is 5.81. The molecular formula is C34H34F8N2O6S. The molecule has 2 aliphatic rings. The van der Waals surface area contributed by atoms with E-state index in [2.05, 4.69) is 4.74 Å². The Morgan fingerprint density at radius 2 is 1.41 bits per heavy atom. The predicted octanol–water partition coefficient (Wildman–Crippen LogP) is 7.30. The Kier molecular flexibility index (Phi) is 12.7. The van der Waals surface area contributed by atoms with Crippen molar-refractivity contribution in [2.45, 2.75) is 54.0 Å². The van der Waals surface area contributed by atoms with Crippen LogP contribution in [-0.4, -0.2) is 82.0 Å². The molecule has 2 fully saturated rings. The molecule has 0 aliphatic carbocycles. The average Bonchev–Trinajstić information content (AvgIpc) is 3.59. The minimum Gasteiger partial charge on any atom is -0.496 e. The third-order valence-electron chi connectivity index (χ3n) is 8.59. The highest BCUT2D eigenvalue weighted by Gasteiger charge is 2.73. The largest absolute Gasteiger partial charge is 0.496 e. The molecule has 8 nitrogen and oxygen atoms in total. The lowest BCUT2D eigenvalue weighted by atomic mass is 9.91. The van der Waals surface area contributed by atoms with Crippen LogP contribution in [0.3, 0.4) is 0 Å². The Balaban J connectivity index is 0.000000229. The number of urea groups is 1.